The highest BCUT2D eigenvalue weighted by Gasteiger charge is 2.31. The number of carboxylic acids is 1. The van der Waals surface area contributed by atoms with Gasteiger partial charge >= 0.3 is 18.2 Å². The average Bonchev–Trinajstić information content (AvgIpc) is 3.37. The van der Waals surface area contributed by atoms with E-state index in [0.717, 1.165) is 22.3 Å². The van der Waals surface area contributed by atoms with Gasteiger partial charge in [0.05, 0.1) is 5.52 Å². The number of halogens is 1. The molecule has 1 atom stereocenters. The summed E-state index contributed by atoms with van der Waals surface area (Å²) in [6, 6.07) is 19.6. The van der Waals surface area contributed by atoms with Crippen LogP contribution in [0.25, 0.3) is 22.0 Å². The lowest BCUT2D eigenvalue weighted by Crippen LogP contribution is -2.43. The molecule has 0 radical (unpaired) electrons. The van der Waals surface area contributed by atoms with Crippen LogP contribution < -0.4 is 5.32 Å². The van der Waals surface area contributed by atoms with Gasteiger partial charge in [-0.1, -0.05) is 60.1 Å². The Morgan fingerprint density at radius 3 is 2.20 bits per heavy atom. The molecule has 9 heteroatoms. The molecule has 0 aliphatic heterocycles. The maximum atomic E-state index is 13.1. The molecule has 0 saturated carbocycles. The summed E-state index contributed by atoms with van der Waals surface area (Å²) >= 11 is 6.27. The summed E-state index contributed by atoms with van der Waals surface area (Å²) in [5.41, 5.74) is 5.14. The fourth-order valence-electron chi connectivity index (χ4n) is 5.44. The summed E-state index contributed by atoms with van der Waals surface area (Å²) in [6.07, 6.45) is -1.53. The largest absolute Gasteiger partial charge is 0.480 e. The van der Waals surface area contributed by atoms with E-state index in [9.17, 15) is 19.5 Å². The zero-order valence-corrected chi connectivity index (χ0v) is 24.0. The Morgan fingerprint density at radius 2 is 1.61 bits per heavy atom. The van der Waals surface area contributed by atoms with Crippen molar-refractivity contribution in [3.05, 3.63) is 94.1 Å². The van der Waals surface area contributed by atoms with Crippen LogP contribution in [-0.4, -0.2) is 46.1 Å². The molecule has 0 fully saturated rings. The normalized spacial score (nSPS) is 13.4. The number of aromatic nitrogens is 1. The lowest BCUT2D eigenvalue weighted by Gasteiger charge is -2.20. The third-order valence-electron chi connectivity index (χ3n) is 7.21. The Morgan fingerprint density at radius 1 is 1.00 bits per heavy atom. The zero-order chi connectivity index (χ0) is 29.5. The maximum Gasteiger partial charge on any atom is 0.419 e. The van der Waals surface area contributed by atoms with E-state index < -0.39 is 29.8 Å². The standard InChI is InChI=1S/C32H31ClN2O6/c1-18-24(25-15-19(33)13-14-28(25)35(18)31(39)41-32(2,3)4)16-27(29(36)37)34-30(38)40-17-26-22-11-7-5-9-20(22)21-10-6-8-12-23(21)26/h5-15,26-27H,16-17H2,1-4H3,(H,34,38)(H,36,37)/t27-/m0/s1. The number of amides is 1. The monoisotopic (exact) mass is 574 g/mol. The molecule has 1 aliphatic rings. The van der Waals surface area contributed by atoms with E-state index in [1.165, 1.54) is 4.57 Å². The predicted octanol–water partition coefficient (Wildman–Crippen LogP) is 6.92. The Labute approximate surface area is 242 Å². The lowest BCUT2D eigenvalue weighted by atomic mass is 9.98. The first-order valence-electron chi connectivity index (χ1n) is 13.3. The number of rotatable bonds is 6. The summed E-state index contributed by atoms with van der Waals surface area (Å²) in [5.74, 6) is -1.40. The molecule has 5 rings (SSSR count). The van der Waals surface area contributed by atoms with E-state index in [0.29, 0.717) is 27.2 Å². The minimum atomic E-state index is -1.32. The highest BCUT2D eigenvalue weighted by atomic mass is 35.5. The minimum Gasteiger partial charge on any atom is -0.480 e. The first kappa shape index (κ1) is 28.2. The summed E-state index contributed by atoms with van der Waals surface area (Å²) < 4.78 is 12.6. The highest BCUT2D eigenvalue weighted by molar-refractivity contribution is 6.31. The van der Waals surface area contributed by atoms with Crippen LogP contribution in [0.15, 0.2) is 66.7 Å². The molecule has 1 heterocycles. The van der Waals surface area contributed by atoms with Gasteiger partial charge in [0.15, 0.2) is 0 Å². The van der Waals surface area contributed by atoms with Crippen LogP contribution in [-0.2, 0) is 20.7 Å². The summed E-state index contributed by atoms with van der Waals surface area (Å²) in [6.45, 7) is 7.06. The molecular formula is C32H31ClN2O6. The molecule has 1 amide bonds. The SMILES string of the molecule is Cc1c(C[C@H](NC(=O)OCC2c3ccccc3-c3ccccc32)C(=O)O)c2cc(Cl)ccc2n1C(=O)OC(C)(C)C. The van der Waals surface area contributed by atoms with Gasteiger partial charge in [-0.3, -0.25) is 0 Å². The van der Waals surface area contributed by atoms with Crippen molar-refractivity contribution < 1.29 is 29.0 Å². The van der Waals surface area contributed by atoms with E-state index >= 15 is 0 Å². The van der Waals surface area contributed by atoms with Gasteiger partial charge in [0.1, 0.15) is 18.2 Å². The van der Waals surface area contributed by atoms with Crippen LogP contribution in [0.2, 0.25) is 5.02 Å². The number of nitrogens with zero attached hydrogens (tertiary/aromatic N) is 1. The van der Waals surface area contributed by atoms with Crippen molar-refractivity contribution in [2.45, 2.75) is 51.7 Å². The van der Waals surface area contributed by atoms with Crippen molar-refractivity contribution in [1.82, 2.24) is 9.88 Å². The first-order chi connectivity index (χ1) is 19.4. The fourth-order valence-corrected chi connectivity index (χ4v) is 5.61. The molecule has 0 bridgehead atoms. The second-order valence-corrected chi connectivity index (χ2v) is 11.5. The molecule has 2 N–H and O–H groups in total. The van der Waals surface area contributed by atoms with E-state index in [4.69, 9.17) is 21.1 Å². The average molecular weight is 575 g/mol. The van der Waals surface area contributed by atoms with E-state index in [-0.39, 0.29) is 18.9 Å². The Hall–Kier alpha value is -4.30. The van der Waals surface area contributed by atoms with Crippen molar-refractivity contribution >= 4 is 40.7 Å². The van der Waals surface area contributed by atoms with Gasteiger partial charge in [0.2, 0.25) is 0 Å². The zero-order valence-electron chi connectivity index (χ0n) is 23.2. The lowest BCUT2D eigenvalue weighted by molar-refractivity contribution is -0.139. The minimum absolute atomic E-state index is 0.0544. The number of nitrogens with one attached hydrogen (secondary N) is 1. The number of ether oxygens (including phenoxy) is 2. The molecule has 0 saturated heterocycles. The van der Waals surface area contributed by atoms with Crippen LogP contribution in [0.1, 0.15) is 49.1 Å². The summed E-state index contributed by atoms with van der Waals surface area (Å²) in [5, 5.41) is 13.5. The van der Waals surface area contributed by atoms with Gasteiger partial charge in [0, 0.05) is 28.4 Å². The van der Waals surface area contributed by atoms with Gasteiger partial charge in [-0.2, -0.15) is 0 Å². The summed E-state index contributed by atoms with van der Waals surface area (Å²) in [4.78, 5) is 38.3. The van der Waals surface area contributed by atoms with Crippen molar-refractivity contribution in [2.24, 2.45) is 0 Å². The molecule has 212 valence electrons. The molecular weight excluding hydrogens is 544 g/mol. The maximum absolute atomic E-state index is 13.1. The van der Waals surface area contributed by atoms with Crippen LogP contribution in [0.4, 0.5) is 9.59 Å². The Balaban J connectivity index is 1.36. The van der Waals surface area contributed by atoms with Crippen LogP contribution in [0.5, 0.6) is 0 Å². The third kappa shape index (κ3) is 5.65. The second kappa shape index (κ2) is 10.9. The number of fused-ring (bicyclic) bond motifs is 4. The number of benzene rings is 3. The predicted molar refractivity (Wildman–Crippen MR) is 157 cm³/mol. The van der Waals surface area contributed by atoms with Crippen molar-refractivity contribution in [3.63, 3.8) is 0 Å². The van der Waals surface area contributed by atoms with Gasteiger partial charge in [-0.25, -0.2) is 19.0 Å². The van der Waals surface area contributed by atoms with Crippen molar-refractivity contribution in [2.75, 3.05) is 6.61 Å². The molecule has 3 aromatic carbocycles. The summed E-state index contributed by atoms with van der Waals surface area (Å²) in [7, 11) is 0. The molecule has 4 aromatic rings. The van der Waals surface area contributed by atoms with E-state index in [2.05, 4.69) is 5.32 Å². The van der Waals surface area contributed by atoms with Crippen LogP contribution in [0.3, 0.4) is 0 Å². The fraction of sp³-hybridized carbons (Fsp3) is 0.281. The topological polar surface area (TPSA) is 107 Å². The quantitative estimate of drug-likeness (QED) is 0.259. The van der Waals surface area contributed by atoms with Crippen LogP contribution in [0, 0.1) is 6.92 Å². The second-order valence-electron chi connectivity index (χ2n) is 11.1. The number of hydrogen-bond donors (Lipinski definition) is 2. The number of alkyl carbamates (subject to hydrolysis) is 1. The number of aliphatic carboxylic acids is 1. The number of carbonyl (C=O) groups is 3. The smallest absolute Gasteiger partial charge is 0.419 e. The van der Waals surface area contributed by atoms with Gasteiger partial charge in [0.25, 0.3) is 0 Å². The number of carbonyl (C=O) groups excluding carboxylic acids is 2. The third-order valence-corrected chi connectivity index (χ3v) is 7.45. The number of hydrogen-bond acceptors (Lipinski definition) is 5. The molecule has 8 nitrogen and oxygen atoms in total. The Kier molecular flexibility index (Phi) is 7.53. The molecule has 1 aromatic heterocycles. The van der Waals surface area contributed by atoms with Gasteiger partial charge in [-0.15, -0.1) is 0 Å². The van der Waals surface area contributed by atoms with E-state index in [1.807, 2.05) is 48.5 Å². The molecule has 41 heavy (non-hydrogen) atoms. The van der Waals surface area contributed by atoms with Crippen molar-refractivity contribution in [1.29, 1.82) is 0 Å². The van der Waals surface area contributed by atoms with Gasteiger partial charge < -0.3 is 19.9 Å². The van der Waals surface area contributed by atoms with E-state index in [1.54, 1.807) is 45.9 Å². The van der Waals surface area contributed by atoms with Gasteiger partial charge in [-0.05, 0) is 73.7 Å². The van der Waals surface area contributed by atoms with Crippen molar-refractivity contribution in [3.8, 4) is 11.1 Å². The molecule has 0 unspecified atom stereocenters. The molecule has 0 spiro atoms. The molecule has 1 aliphatic carbocycles. The Bertz CT molecular complexity index is 1620. The van der Waals surface area contributed by atoms with Crippen LogP contribution >= 0.6 is 11.6 Å². The number of carboxylic acid groups (broad SMARTS) is 1. The highest BCUT2D eigenvalue weighted by Crippen LogP contribution is 2.44. The first-order valence-corrected chi connectivity index (χ1v) is 13.7.